The monoisotopic (exact) mass is 203 g/mol. The second-order valence-electron chi connectivity index (χ2n) is 4.36. The van der Waals surface area contributed by atoms with Gasteiger partial charge in [-0.15, -0.1) is 0 Å². The SMILES string of the molecule is c1ccc2c(c1)NCN2CN1CCCC1. The van der Waals surface area contributed by atoms with Crippen molar-refractivity contribution in [3.8, 4) is 0 Å². The van der Waals surface area contributed by atoms with Gasteiger partial charge in [-0.2, -0.15) is 0 Å². The van der Waals surface area contributed by atoms with E-state index >= 15 is 0 Å². The molecular weight excluding hydrogens is 186 g/mol. The second-order valence-corrected chi connectivity index (χ2v) is 4.36. The molecule has 0 spiro atoms. The molecule has 2 aliphatic heterocycles. The molecule has 3 heteroatoms. The van der Waals surface area contributed by atoms with Crippen molar-refractivity contribution in [1.82, 2.24) is 4.90 Å². The molecule has 1 N–H and O–H groups in total. The van der Waals surface area contributed by atoms with Crippen LogP contribution in [-0.4, -0.2) is 31.3 Å². The van der Waals surface area contributed by atoms with Crippen molar-refractivity contribution in [2.24, 2.45) is 0 Å². The van der Waals surface area contributed by atoms with Gasteiger partial charge in [0, 0.05) is 0 Å². The highest BCUT2D eigenvalue weighted by Gasteiger charge is 2.21. The summed E-state index contributed by atoms with van der Waals surface area (Å²) in [5.74, 6) is 0. The topological polar surface area (TPSA) is 18.5 Å². The van der Waals surface area contributed by atoms with E-state index in [-0.39, 0.29) is 0 Å². The summed E-state index contributed by atoms with van der Waals surface area (Å²) in [6.07, 6.45) is 2.73. The molecule has 1 aromatic rings. The van der Waals surface area contributed by atoms with Gasteiger partial charge in [-0.3, -0.25) is 4.90 Å². The molecule has 0 saturated carbocycles. The van der Waals surface area contributed by atoms with Gasteiger partial charge in [0.05, 0.1) is 24.7 Å². The van der Waals surface area contributed by atoms with Crippen LogP contribution in [0, 0.1) is 0 Å². The summed E-state index contributed by atoms with van der Waals surface area (Å²) >= 11 is 0. The Hall–Kier alpha value is -1.22. The van der Waals surface area contributed by atoms with Gasteiger partial charge in [-0.25, -0.2) is 0 Å². The average molecular weight is 203 g/mol. The Morgan fingerprint density at radius 1 is 1.13 bits per heavy atom. The van der Waals surface area contributed by atoms with Crippen molar-refractivity contribution >= 4 is 11.4 Å². The van der Waals surface area contributed by atoms with E-state index in [9.17, 15) is 0 Å². The van der Waals surface area contributed by atoms with E-state index in [0.717, 1.165) is 13.3 Å². The molecule has 1 fully saturated rings. The lowest BCUT2D eigenvalue weighted by Gasteiger charge is -2.24. The summed E-state index contributed by atoms with van der Waals surface area (Å²) in [5.41, 5.74) is 2.63. The first-order valence-electron chi connectivity index (χ1n) is 5.74. The Morgan fingerprint density at radius 2 is 1.93 bits per heavy atom. The fourth-order valence-corrected chi connectivity index (χ4v) is 2.46. The normalized spacial score (nSPS) is 20.4. The van der Waals surface area contributed by atoms with Crippen LogP contribution in [0.1, 0.15) is 12.8 Å². The van der Waals surface area contributed by atoms with Crippen LogP contribution >= 0.6 is 0 Å². The van der Waals surface area contributed by atoms with Crippen molar-refractivity contribution in [2.45, 2.75) is 12.8 Å². The van der Waals surface area contributed by atoms with Crippen LogP contribution in [0.5, 0.6) is 0 Å². The predicted octanol–water partition coefficient (Wildman–Crippen LogP) is 1.93. The highest BCUT2D eigenvalue weighted by atomic mass is 15.4. The molecule has 0 aliphatic carbocycles. The maximum absolute atomic E-state index is 3.42. The fraction of sp³-hybridized carbons (Fsp3) is 0.500. The largest absolute Gasteiger partial charge is 0.366 e. The molecule has 0 bridgehead atoms. The van der Waals surface area contributed by atoms with Gasteiger partial charge in [0.25, 0.3) is 0 Å². The molecule has 0 unspecified atom stereocenters. The lowest BCUT2D eigenvalue weighted by atomic mass is 10.3. The molecule has 0 amide bonds. The first kappa shape index (κ1) is 9.04. The van der Waals surface area contributed by atoms with E-state index in [4.69, 9.17) is 0 Å². The molecule has 0 aromatic heterocycles. The predicted molar refractivity (Wildman–Crippen MR) is 63.1 cm³/mol. The van der Waals surface area contributed by atoms with Gasteiger partial charge < -0.3 is 10.2 Å². The lowest BCUT2D eigenvalue weighted by Crippen LogP contribution is -2.36. The zero-order valence-electron chi connectivity index (χ0n) is 8.95. The molecule has 80 valence electrons. The summed E-state index contributed by atoms with van der Waals surface area (Å²) in [6, 6.07) is 8.55. The molecule has 2 heterocycles. The van der Waals surface area contributed by atoms with E-state index in [0.29, 0.717) is 0 Å². The zero-order chi connectivity index (χ0) is 10.1. The van der Waals surface area contributed by atoms with Crippen molar-refractivity contribution < 1.29 is 0 Å². The van der Waals surface area contributed by atoms with Crippen LogP contribution in [0.25, 0.3) is 0 Å². The van der Waals surface area contributed by atoms with Gasteiger partial charge in [0.2, 0.25) is 0 Å². The number of hydrogen-bond donors (Lipinski definition) is 1. The Morgan fingerprint density at radius 3 is 2.80 bits per heavy atom. The van der Waals surface area contributed by atoms with Crippen LogP contribution in [0.2, 0.25) is 0 Å². The summed E-state index contributed by atoms with van der Waals surface area (Å²) in [6.45, 7) is 4.55. The van der Waals surface area contributed by atoms with Gasteiger partial charge >= 0.3 is 0 Å². The summed E-state index contributed by atoms with van der Waals surface area (Å²) in [7, 11) is 0. The molecule has 1 aromatic carbocycles. The Labute approximate surface area is 90.7 Å². The number of hydrogen-bond acceptors (Lipinski definition) is 3. The van der Waals surface area contributed by atoms with E-state index in [1.807, 2.05) is 0 Å². The molecule has 0 atom stereocenters. The highest BCUT2D eigenvalue weighted by molar-refractivity contribution is 5.74. The van der Waals surface area contributed by atoms with E-state index in [1.54, 1.807) is 0 Å². The van der Waals surface area contributed by atoms with Crippen molar-refractivity contribution in [3.05, 3.63) is 24.3 Å². The van der Waals surface area contributed by atoms with Gasteiger partial charge in [0.15, 0.2) is 0 Å². The van der Waals surface area contributed by atoms with Gasteiger partial charge in [-0.05, 0) is 38.1 Å². The zero-order valence-corrected chi connectivity index (χ0v) is 8.95. The second kappa shape index (κ2) is 3.74. The minimum atomic E-state index is 0.954. The lowest BCUT2D eigenvalue weighted by molar-refractivity contribution is 0.340. The number of nitrogens with zero attached hydrogens (tertiary/aromatic N) is 2. The van der Waals surface area contributed by atoms with E-state index in [1.165, 1.54) is 37.3 Å². The van der Waals surface area contributed by atoms with Crippen molar-refractivity contribution in [3.63, 3.8) is 0 Å². The van der Waals surface area contributed by atoms with Crippen molar-refractivity contribution in [1.29, 1.82) is 0 Å². The number of benzene rings is 1. The summed E-state index contributed by atoms with van der Waals surface area (Å²) in [4.78, 5) is 4.95. The van der Waals surface area contributed by atoms with E-state index < -0.39 is 0 Å². The third kappa shape index (κ3) is 1.67. The number of para-hydroxylation sites is 2. The first-order valence-corrected chi connectivity index (χ1v) is 5.74. The number of anilines is 2. The van der Waals surface area contributed by atoms with Crippen LogP contribution in [0.15, 0.2) is 24.3 Å². The summed E-state index contributed by atoms with van der Waals surface area (Å²) < 4.78 is 0. The fourth-order valence-electron chi connectivity index (χ4n) is 2.46. The van der Waals surface area contributed by atoms with Gasteiger partial charge in [-0.1, -0.05) is 12.1 Å². The maximum Gasteiger partial charge on any atom is 0.0890 e. The maximum atomic E-state index is 3.42. The van der Waals surface area contributed by atoms with Crippen LogP contribution in [0.4, 0.5) is 11.4 Å². The third-order valence-corrected chi connectivity index (χ3v) is 3.27. The smallest absolute Gasteiger partial charge is 0.0890 e. The van der Waals surface area contributed by atoms with E-state index in [2.05, 4.69) is 39.4 Å². The van der Waals surface area contributed by atoms with Crippen LogP contribution in [0.3, 0.4) is 0 Å². The van der Waals surface area contributed by atoms with Crippen LogP contribution < -0.4 is 10.2 Å². The Kier molecular flexibility index (Phi) is 2.25. The van der Waals surface area contributed by atoms with Crippen LogP contribution in [-0.2, 0) is 0 Å². The number of rotatable bonds is 2. The number of nitrogens with one attached hydrogen (secondary N) is 1. The minimum absolute atomic E-state index is 0.954. The quantitative estimate of drug-likeness (QED) is 0.792. The standard InChI is InChI=1S/C12H17N3/c1-2-6-12-11(5-1)13-9-15(12)10-14-7-3-4-8-14/h1-2,5-6,13H,3-4,7-10H2. The molecule has 3 nitrogen and oxygen atoms in total. The third-order valence-electron chi connectivity index (χ3n) is 3.27. The highest BCUT2D eigenvalue weighted by Crippen LogP contribution is 2.30. The minimum Gasteiger partial charge on any atom is -0.366 e. The summed E-state index contributed by atoms with van der Waals surface area (Å²) in [5, 5.41) is 3.42. The first-order chi connectivity index (χ1) is 7.43. The van der Waals surface area contributed by atoms with Crippen molar-refractivity contribution in [2.75, 3.05) is 36.6 Å². The molecular formula is C12H17N3. The molecule has 1 saturated heterocycles. The average Bonchev–Trinajstić information content (AvgIpc) is 2.89. The Bertz CT molecular complexity index is 344. The molecule has 15 heavy (non-hydrogen) atoms. The number of likely N-dealkylation sites (tertiary alicyclic amines) is 1. The molecule has 3 rings (SSSR count). The number of fused-ring (bicyclic) bond motifs is 1. The Balaban J connectivity index is 1.73. The van der Waals surface area contributed by atoms with Gasteiger partial charge in [0.1, 0.15) is 0 Å². The molecule has 2 aliphatic rings. The molecule has 0 radical (unpaired) electrons.